The number of carbonyl (C=O) groups excluding carboxylic acids is 1. The van der Waals surface area contributed by atoms with Crippen LogP contribution in [0, 0.1) is 0 Å². The van der Waals surface area contributed by atoms with Gasteiger partial charge in [0.05, 0.1) is 47.1 Å². The second-order valence-electron chi connectivity index (χ2n) is 5.31. The van der Waals surface area contributed by atoms with Gasteiger partial charge in [0.15, 0.2) is 0 Å². The van der Waals surface area contributed by atoms with Crippen molar-refractivity contribution in [3.05, 3.63) is 0 Å². The molecule has 0 aliphatic carbocycles. The molecule has 5 heteroatoms. The Morgan fingerprint density at radius 2 is 1.63 bits per heavy atom. The lowest BCUT2D eigenvalue weighted by Gasteiger charge is -2.29. The lowest BCUT2D eigenvalue weighted by Crippen LogP contribution is -2.42. The number of hydrogen-bond acceptors (Lipinski definition) is 3. The highest BCUT2D eigenvalue weighted by Crippen LogP contribution is 1.98. The molecule has 0 heterocycles. The van der Waals surface area contributed by atoms with E-state index in [4.69, 9.17) is 9.47 Å². The van der Waals surface area contributed by atoms with Gasteiger partial charge in [-0.25, -0.2) is 0 Å². The molecule has 19 heavy (non-hydrogen) atoms. The maximum atomic E-state index is 11.1. The van der Waals surface area contributed by atoms with Crippen molar-refractivity contribution in [2.24, 2.45) is 0 Å². The second-order valence-corrected chi connectivity index (χ2v) is 5.31. The van der Waals surface area contributed by atoms with Gasteiger partial charge in [-0.15, -0.1) is 0 Å². The average Bonchev–Trinajstić information content (AvgIpc) is 2.32. The van der Waals surface area contributed by atoms with Gasteiger partial charge >= 0.3 is 0 Å². The molecule has 0 fully saturated rings. The Balaban J connectivity index is 3.30. The topological polar surface area (TPSA) is 47.6 Å². The Morgan fingerprint density at radius 1 is 1.00 bits per heavy atom. The van der Waals surface area contributed by atoms with E-state index in [1.165, 1.54) is 13.0 Å². The largest absolute Gasteiger partial charge is 0.379 e. The van der Waals surface area contributed by atoms with Gasteiger partial charge in [0.2, 0.25) is 5.91 Å². The molecule has 0 rings (SSSR count). The Bertz CT molecular complexity index is 233. The van der Waals surface area contributed by atoms with E-state index in [9.17, 15) is 4.79 Å². The Morgan fingerprint density at radius 3 is 2.21 bits per heavy atom. The van der Waals surface area contributed by atoms with Crippen molar-refractivity contribution in [3.8, 4) is 0 Å². The van der Waals surface area contributed by atoms with Crippen molar-refractivity contribution in [2.75, 3.05) is 60.2 Å². The van der Waals surface area contributed by atoms with E-state index in [0.717, 1.165) is 17.6 Å². The number of nitrogens with one attached hydrogen (secondary N) is 1. The number of nitrogens with zero attached hydrogens (tertiary/aromatic N) is 1. The molecule has 0 atom stereocenters. The molecular weight excluding hydrogens is 244 g/mol. The van der Waals surface area contributed by atoms with Crippen molar-refractivity contribution < 1.29 is 18.8 Å². The predicted molar refractivity (Wildman–Crippen MR) is 77.1 cm³/mol. The summed E-state index contributed by atoms with van der Waals surface area (Å²) < 4.78 is 11.9. The number of amides is 1. The highest BCUT2D eigenvalue weighted by molar-refractivity contribution is 5.75. The monoisotopic (exact) mass is 275 g/mol. The van der Waals surface area contributed by atoms with Crippen LogP contribution in [0.25, 0.3) is 0 Å². The summed E-state index contributed by atoms with van der Waals surface area (Å²) in [6.45, 7) is 9.35. The third-order valence-corrected chi connectivity index (χ3v) is 2.89. The number of likely N-dealkylation sites (N-methyl/N-ethyl adjacent to an activating group) is 1. The van der Waals surface area contributed by atoms with Crippen LogP contribution in [0.2, 0.25) is 0 Å². The van der Waals surface area contributed by atoms with E-state index in [0.29, 0.717) is 32.8 Å². The standard InChI is InChI=1S/C14H30N2O3/c1-5-8-16(3,4)9-11-19-13-12-18-10-7-14(17)15-6-2/h5-13H2,1-4H3/p+1. The number of quaternary nitrogens is 1. The minimum atomic E-state index is 0.0435. The fourth-order valence-electron chi connectivity index (χ4n) is 1.80. The van der Waals surface area contributed by atoms with E-state index in [1.54, 1.807) is 0 Å². The molecule has 0 unspecified atom stereocenters. The van der Waals surface area contributed by atoms with Gasteiger partial charge in [0, 0.05) is 13.0 Å². The maximum absolute atomic E-state index is 11.1. The maximum Gasteiger partial charge on any atom is 0.222 e. The molecule has 0 aromatic carbocycles. The smallest absolute Gasteiger partial charge is 0.222 e. The predicted octanol–water partition coefficient (Wildman–Crippen LogP) is 1.03. The normalized spacial score (nSPS) is 11.6. The zero-order valence-electron chi connectivity index (χ0n) is 13.0. The molecule has 0 spiro atoms. The second kappa shape index (κ2) is 11.2. The summed E-state index contributed by atoms with van der Waals surface area (Å²) >= 11 is 0. The summed E-state index contributed by atoms with van der Waals surface area (Å²) in [5.74, 6) is 0.0435. The molecule has 0 radical (unpaired) electrons. The highest BCUT2D eigenvalue weighted by atomic mass is 16.5. The first kappa shape index (κ1) is 18.4. The number of ether oxygens (including phenoxy) is 2. The van der Waals surface area contributed by atoms with Crippen LogP contribution in [0.5, 0.6) is 0 Å². The third kappa shape index (κ3) is 12.1. The Hall–Kier alpha value is -0.650. The van der Waals surface area contributed by atoms with Crippen LogP contribution in [0.15, 0.2) is 0 Å². The van der Waals surface area contributed by atoms with E-state index < -0.39 is 0 Å². The minimum Gasteiger partial charge on any atom is -0.379 e. The van der Waals surface area contributed by atoms with Crippen molar-refractivity contribution in [1.29, 1.82) is 0 Å². The zero-order valence-corrected chi connectivity index (χ0v) is 13.0. The Kier molecular flexibility index (Phi) is 10.8. The lowest BCUT2D eigenvalue weighted by atomic mass is 10.4. The van der Waals surface area contributed by atoms with Crippen molar-refractivity contribution >= 4 is 5.91 Å². The van der Waals surface area contributed by atoms with Crippen LogP contribution in [0.1, 0.15) is 26.7 Å². The van der Waals surface area contributed by atoms with Crippen molar-refractivity contribution in [3.63, 3.8) is 0 Å². The summed E-state index contributed by atoms with van der Waals surface area (Å²) in [6, 6.07) is 0. The highest BCUT2D eigenvalue weighted by Gasteiger charge is 2.12. The number of carbonyl (C=O) groups is 1. The molecule has 0 saturated heterocycles. The minimum absolute atomic E-state index is 0.0435. The number of rotatable bonds is 12. The van der Waals surface area contributed by atoms with Gasteiger partial charge in [0.25, 0.3) is 0 Å². The van der Waals surface area contributed by atoms with E-state index >= 15 is 0 Å². The number of hydrogen-bond donors (Lipinski definition) is 1. The summed E-state index contributed by atoms with van der Waals surface area (Å²) in [4.78, 5) is 11.1. The molecule has 0 bridgehead atoms. The van der Waals surface area contributed by atoms with E-state index in [1.807, 2.05) is 6.92 Å². The van der Waals surface area contributed by atoms with Crippen molar-refractivity contribution in [1.82, 2.24) is 5.32 Å². The fraction of sp³-hybridized carbons (Fsp3) is 0.929. The average molecular weight is 275 g/mol. The van der Waals surface area contributed by atoms with Crippen LogP contribution in [0.4, 0.5) is 0 Å². The fourth-order valence-corrected chi connectivity index (χ4v) is 1.80. The molecule has 1 amide bonds. The first-order valence-corrected chi connectivity index (χ1v) is 7.26. The van der Waals surface area contributed by atoms with Crippen LogP contribution in [-0.2, 0) is 14.3 Å². The SMILES string of the molecule is CCC[N+](C)(C)CCOCCOCCC(=O)NCC. The quantitative estimate of drug-likeness (QED) is 0.427. The molecule has 0 aliphatic heterocycles. The first-order valence-electron chi connectivity index (χ1n) is 7.26. The van der Waals surface area contributed by atoms with Gasteiger partial charge in [0.1, 0.15) is 6.54 Å². The van der Waals surface area contributed by atoms with Gasteiger partial charge in [-0.3, -0.25) is 4.79 Å². The molecule has 1 N–H and O–H groups in total. The van der Waals surface area contributed by atoms with Crippen LogP contribution < -0.4 is 5.32 Å². The Labute approximate surface area is 117 Å². The van der Waals surface area contributed by atoms with E-state index in [2.05, 4.69) is 26.3 Å². The van der Waals surface area contributed by atoms with Crippen LogP contribution in [-0.4, -0.2) is 70.5 Å². The molecular formula is C14H31N2O3+. The first-order chi connectivity index (χ1) is 9.02. The van der Waals surface area contributed by atoms with Crippen molar-refractivity contribution in [2.45, 2.75) is 26.7 Å². The zero-order chi connectivity index (χ0) is 14.6. The molecule has 0 saturated carbocycles. The van der Waals surface area contributed by atoms with Gasteiger partial charge in [-0.05, 0) is 13.3 Å². The van der Waals surface area contributed by atoms with Gasteiger partial charge in [-0.2, -0.15) is 0 Å². The van der Waals surface area contributed by atoms with E-state index in [-0.39, 0.29) is 5.91 Å². The summed E-state index contributed by atoms with van der Waals surface area (Å²) in [5, 5.41) is 2.73. The molecule has 0 aromatic rings. The van der Waals surface area contributed by atoms with Gasteiger partial charge in [-0.1, -0.05) is 6.92 Å². The van der Waals surface area contributed by atoms with Crippen LogP contribution in [0.3, 0.4) is 0 Å². The van der Waals surface area contributed by atoms with Gasteiger partial charge < -0.3 is 19.3 Å². The molecule has 5 nitrogen and oxygen atoms in total. The molecule has 114 valence electrons. The lowest BCUT2D eigenvalue weighted by molar-refractivity contribution is -0.890. The van der Waals surface area contributed by atoms with Crippen LogP contribution >= 0.6 is 0 Å². The summed E-state index contributed by atoms with van der Waals surface area (Å²) in [7, 11) is 4.44. The summed E-state index contributed by atoms with van der Waals surface area (Å²) in [5.41, 5.74) is 0. The third-order valence-electron chi connectivity index (χ3n) is 2.89. The summed E-state index contributed by atoms with van der Waals surface area (Å²) in [6.07, 6.45) is 1.62. The molecule has 0 aromatic heterocycles. The molecule has 0 aliphatic rings.